The number of nitrogens with zero attached hydrogens (tertiary/aromatic N) is 2. The number of carbonyl (C=O) groups excluding carboxylic acids is 2. The highest BCUT2D eigenvalue weighted by atomic mass is 32.2. The van der Waals surface area contributed by atoms with Crippen molar-refractivity contribution < 1.29 is 18.0 Å². The Labute approximate surface area is 171 Å². The zero-order valence-corrected chi connectivity index (χ0v) is 17.4. The Morgan fingerprint density at radius 3 is 2.45 bits per heavy atom. The van der Waals surface area contributed by atoms with E-state index in [-0.39, 0.29) is 35.7 Å². The van der Waals surface area contributed by atoms with Gasteiger partial charge in [0, 0.05) is 23.8 Å². The Morgan fingerprint density at radius 2 is 1.83 bits per heavy atom. The summed E-state index contributed by atoms with van der Waals surface area (Å²) in [5.41, 5.74) is 2.33. The van der Waals surface area contributed by atoms with Crippen molar-refractivity contribution in [2.45, 2.75) is 31.2 Å². The molecule has 1 amide bonds. The Morgan fingerprint density at radius 1 is 1.17 bits per heavy atom. The zero-order valence-electron chi connectivity index (χ0n) is 16.5. The van der Waals surface area contributed by atoms with Crippen LogP contribution in [0.5, 0.6) is 0 Å². The molecule has 0 aromatic heterocycles. The number of amides is 1. The highest BCUT2D eigenvalue weighted by Gasteiger charge is 2.34. The van der Waals surface area contributed by atoms with Crippen LogP contribution in [0.4, 0.5) is 5.69 Å². The first-order valence-electron chi connectivity index (χ1n) is 9.37. The number of Topliss-reactive ketones (excluding diaryl/α,β-unsaturated/α-hetero) is 1. The molecule has 0 saturated heterocycles. The van der Waals surface area contributed by atoms with E-state index in [4.69, 9.17) is 0 Å². The van der Waals surface area contributed by atoms with Gasteiger partial charge in [-0.2, -0.15) is 4.31 Å². The van der Waals surface area contributed by atoms with Gasteiger partial charge in [0.15, 0.2) is 5.78 Å². The van der Waals surface area contributed by atoms with Crippen LogP contribution in [0, 0.1) is 0 Å². The highest BCUT2D eigenvalue weighted by Crippen LogP contribution is 2.32. The smallest absolute Gasteiger partial charge is 0.243 e. The summed E-state index contributed by atoms with van der Waals surface area (Å²) in [4.78, 5) is 26.2. The van der Waals surface area contributed by atoms with Crippen molar-refractivity contribution in [1.82, 2.24) is 4.31 Å². The fourth-order valence-electron chi connectivity index (χ4n) is 3.57. The Kier molecular flexibility index (Phi) is 6.00. The average molecular weight is 413 g/mol. The summed E-state index contributed by atoms with van der Waals surface area (Å²) in [6.45, 7) is 6.71. The largest absolute Gasteiger partial charge is 0.308 e. The van der Waals surface area contributed by atoms with E-state index in [0.29, 0.717) is 5.56 Å². The average Bonchev–Trinajstić information content (AvgIpc) is 3.03. The van der Waals surface area contributed by atoms with Gasteiger partial charge in [0.05, 0.1) is 11.4 Å². The lowest BCUT2D eigenvalue weighted by atomic mass is 10.1. The van der Waals surface area contributed by atoms with Gasteiger partial charge in [-0.25, -0.2) is 8.42 Å². The van der Waals surface area contributed by atoms with Gasteiger partial charge < -0.3 is 4.90 Å². The van der Waals surface area contributed by atoms with Crippen LogP contribution in [0.15, 0.2) is 66.1 Å². The summed E-state index contributed by atoms with van der Waals surface area (Å²) in [6.07, 6.45) is 2.19. The molecule has 2 aromatic rings. The maximum Gasteiger partial charge on any atom is 0.243 e. The van der Waals surface area contributed by atoms with Gasteiger partial charge in [0.25, 0.3) is 0 Å². The van der Waals surface area contributed by atoms with Gasteiger partial charge in [0.1, 0.15) is 0 Å². The van der Waals surface area contributed by atoms with Crippen LogP contribution in [0.3, 0.4) is 0 Å². The molecule has 0 unspecified atom stereocenters. The fraction of sp³-hybridized carbons (Fsp3) is 0.273. The molecule has 152 valence electrons. The minimum atomic E-state index is -3.92. The number of carbonyl (C=O) groups is 2. The lowest BCUT2D eigenvalue weighted by Gasteiger charge is -2.27. The Balaban J connectivity index is 1.87. The quantitative estimate of drug-likeness (QED) is 0.517. The summed E-state index contributed by atoms with van der Waals surface area (Å²) >= 11 is 0. The lowest BCUT2D eigenvalue weighted by molar-refractivity contribution is -0.119. The van der Waals surface area contributed by atoms with Gasteiger partial charge in [-0.05, 0) is 44.0 Å². The van der Waals surface area contributed by atoms with Crippen molar-refractivity contribution in [1.29, 1.82) is 0 Å². The Hall–Kier alpha value is -2.77. The van der Waals surface area contributed by atoms with E-state index < -0.39 is 10.0 Å². The number of para-hydroxylation sites is 1. The summed E-state index contributed by atoms with van der Waals surface area (Å²) < 4.78 is 27.3. The molecule has 0 bridgehead atoms. The maximum absolute atomic E-state index is 13.1. The molecule has 0 fully saturated rings. The van der Waals surface area contributed by atoms with Crippen LogP contribution >= 0.6 is 0 Å². The van der Waals surface area contributed by atoms with Gasteiger partial charge in [0.2, 0.25) is 15.9 Å². The van der Waals surface area contributed by atoms with E-state index in [1.54, 1.807) is 4.90 Å². The first-order valence-corrected chi connectivity index (χ1v) is 10.8. The molecule has 6 nitrogen and oxygen atoms in total. The van der Waals surface area contributed by atoms with Gasteiger partial charge in [-0.1, -0.05) is 36.4 Å². The van der Waals surface area contributed by atoms with E-state index in [1.165, 1.54) is 37.3 Å². The first kappa shape index (κ1) is 21.0. The first-order chi connectivity index (χ1) is 13.8. The topological polar surface area (TPSA) is 74.8 Å². The molecule has 1 atom stereocenters. The van der Waals surface area contributed by atoms with Crippen molar-refractivity contribution in [2.75, 3.05) is 18.0 Å². The summed E-state index contributed by atoms with van der Waals surface area (Å²) in [5.74, 6) is -0.429. The Bertz CT molecular complexity index is 1040. The number of rotatable bonds is 7. The SMILES string of the molecule is C=CCN(CC(=O)N1c2ccccc2C[C@@H]1C)S(=O)(=O)c1ccc(C(C)=O)cc1. The third-order valence-corrected chi connectivity index (χ3v) is 6.84. The standard InChI is InChI=1S/C22H24N2O4S/c1-4-13-23(29(27,28)20-11-9-18(10-12-20)17(3)25)15-22(26)24-16(2)14-19-7-5-6-8-21(19)24/h4-12,16H,1,13-15H2,2-3H3/t16-/m0/s1. The van der Waals surface area contributed by atoms with E-state index in [0.717, 1.165) is 22.0 Å². The van der Waals surface area contributed by atoms with Crippen molar-refractivity contribution in [3.8, 4) is 0 Å². The third-order valence-electron chi connectivity index (χ3n) is 5.02. The molecule has 0 saturated carbocycles. The zero-order chi connectivity index (χ0) is 21.2. The number of anilines is 1. The normalized spacial score (nSPS) is 16.0. The predicted molar refractivity (Wildman–Crippen MR) is 112 cm³/mol. The van der Waals surface area contributed by atoms with Crippen LogP contribution in [0.2, 0.25) is 0 Å². The molecule has 1 aliphatic heterocycles. The second-order valence-electron chi connectivity index (χ2n) is 7.11. The number of hydrogen-bond acceptors (Lipinski definition) is 4. The van der Waals surface area contributed by atoms with Crippen molar-refractivity contribution in [3.05, 3.63) is 72.3 Å². The van der Waals surface area contributed by atoms with E-state index in [9.17, 15) is 18.0 Å². The molecular formula is C22H24N2O4S. The molecule has 7 heteroatoms. The van der Waals surface area contributed by atoms with E-state index in [2.05, 4.69) is 6.58 Å². The predicted octanol–water partition coefficient (Wildman–Crippen LogP) is 3.04. The molecule has 1 aliphatic rings. The number of fused-ring (bicyclic) bond motifs is 1. The molecule has 0 N–H and O–H groups in total. The number of benzene rings is 2. The third kappa shape index (κ3) is 4.16. The molecule has 0 radical (unpaired) electrons. The van der Waals surface area contributed by atoms with Crippen molar-refractivity contribution in [3.63, 3.8) is 0 Å². The fourth-order valence-corrected chi connectivity index (χ4v) is 4.94. The molecular weight excluding hydrogens is 388 g/mol. The van der Waals surface area contributed by atoms with Gasteiger partial charge >= 0.3 is 0 Å². The lowest BCUT2D eigenvalue weighted by Crippen LogP contribution is -2.45. The van der Waals surface area contributed by atoms with Crippen LogP contribution in [-0.2, 0) is 21.2 Å². The van der Waals surface area contributed by atoms with Crippen LogP contribution in [0.1, 0.15) is 29.8 Å². The molecule has 2 aromatic carbocycles. The molecule has 3 rings (SSSR count). The summed E-state index contributed by atoms with van der Waals surface area (Å²) in [6, 6.07) is 13.3. The number of hydrogen-bond donors (Lipinski definition) is 0. The van der Waals surface area contributed by atoms with Gasteiger partial charge in [-0.3, -0.25) is 9.59 Å². The summed E-state index contributed by atoms with van der Waals surface area (Å²) in [5, 5.41) is 0. The van der Waals surface area contributed by atoms with E-state index in [1.807, 2.05) is 31.2 Å². The number of sulfonamides is 1. The number of ketones is 1. The second-order valence-corrected chi connectivity index (χ2v) is 9.05. The van der Waals surface area contributed by atoms with Crippen LogP contribution in [-0.4, -0.2) is 43.5 Å². The van der Waals surface area contributed by atoms with Crippen LogP contribution < -0.4 is 4.90 Å². The monoisotopic (exact) mass is 412 g/mol. The molecule has 0 aliphatic carbocycles. The van der Waals surface area contributed by atoms with Gasteiger partial charge in [-0.15, -0.1) is 6.58 Å². The minimum absolute atomic E-state index is 0.00635. The minimum Gasteiger partial charge on any atom is -0.308 e. The van der Waals surface area contributed by atoms with Crippen molar-refractivity contribution >= 4 is 27.4 Å². The maximum atomic E-state index is 13.1. The molecule has 1 heterocycles. The van der Waals surface area contributed by atoms with Crippen molar-refractivity contribution in [2.24, 2.45) is 0 Å². The second kappa shape index (κ2) is 8.31. The summed E-state index contributed by atoms with van der Waals surface area (Å²) in [7, 11) is -3.92. The van der Waals surface area contributed by atoms with Crippen LogP contribution in [0.25, 0.3) is 0 Å². The van der Waals surface area contributed by atoms with E-state index >= 15 is 0 Å². The molecule has 29 heavy (non-hydrogen) atoms. The molecule has 0 spiro atoms. The highest BCUT2D eigenvalue weighted by molar-refractivity contribution is 7.89.